The molecule has 0 bridgehead atoms. The van der Waals surface area contributed by atoms with Crippen molar-refractivity contribution in [2.45, 2.75) is 19.4 Å². The third-order valence-corrected chi connectivity index (χ3v) is 1.81. The van der Waals surface area contributed by atoms with Crippen molar-refractivity contribution in [1.82, 2.24) is 5.32 Å². The van der Waals surface area contributed by atoms with Gasteiger partial charge < -0.3 is 0 Å². The maximum atomic E-state index is 7.09. The van der Waals surface area contributed by atoms with Gasteiger partial charge >= 0.3 is 0 Å². The Kier molecular flexibility index (Phi) is 2.30. The highest BCUT2D eigenvalue weighted by atomic mass is 14.9. The number of benzene rings is 1. The first-order valence-corrected chi connectivity index (χ1v) is 3.66. The lowest BCUT2D eigenvalue weighted by molar-refractivity contribution is 0.463. The Bertz CT molecular complexity index is 214. The molecule has 0 aliphatic carbocycles. The maximum Gasteiger partial charge on any atom is 0.0858 e. The molecule has 0 atom stereocenters. The number of hydrogen-bond donors (Lipinski definition) is 1. The molecule has 1 N–H and O–H groups in total. The van der Waals surface area contributed by atoms with E-state index in [0.717, 1.165) is 5.56 Å². The third kappa shape index (κ3) is 1.81. The van der Waals surface area contributed by atoms with Crippen molar-refractivity contribution in [3.8, 4) is 0 Å². The minimum atomic E-state index is -0.249. The van der Waals surface area contributed by atoms with Crippen LogP contribution in [0.15, 0.2) is 30.3 Å². The summed E-state index contributed by atoms with van der Waals surface area (Å²) in [4.78, 5) is 0. The molecule has 0 heterocycles. The van der Waals surface area contributed by atoms with Gasteiger partial charge in [0.15, 0.2) is 0 Å². The Hall–Kier alpha value is -0.820. The fourth-order valence-corrected chi connectivity index (χ4v) is 0.927. The van der Waals surface area contributed by atoms with Gasteiger partial charge in [-0.2, -0.15) is 0 Å². The summed E-state index contributed by atoms with van der Waals surface area (Å²) in [6.07, 6.45) is 0. The largest absolute Gasteiger partial charge is 0.297 e. The van der Waals surface area contributed by atoms with E-state index in [1.54, 1.807) is 0 Å². The van der Waals surface area contributed by atoms with E-state index in [2.05, 4.69) is 5.32 Å². The van der Waals surface area contributed by atoms with Gasteiger partial charge in [-0.15, -0.1) is 0 Å². The zero-order chi connectivity index (χ0) is 8.32. The molecule has 1 aromatic rings. The molecule has 0 amide bonds. The molecule has 1 heteroatoms. The van der Waals surface area contributed by atoms with Crippen molar-refractivity contribution < 1.29 is 0 Å². The average Bonchev–Trinajstić information content (AvgIpc) is 2.06. The number of rotatable bonds is 2. The smallest absolute Gasteiger partial charge is 0.0858 e. The van der Waals surface area contributed by atoms with E-state index < -0.39 is 0 Å². The van der Waals surface area contributed by atoms with Crippen LogP contribution >= 0.6 is 0 Å². The quantitative estimate of drug-likeness (QED) is 0.673. The molecule has 11 heavy (non-hydrogen) atoms. The van der Waals surface area contributed by atoms with Gasteiger partial charge in [-0.3, -0.25) is 5.32 Å². The minimum Gasteiger partial charge on any atom is -0.297 e. The fourth-order valence-electron chi connectivity index (χ4n) is 0.927. The van der Waals surface area contributed by atoms with Crippen LogP contribution in [0.2, 0.25) is 0 Å². The second kappa shape index (κ2) is 3.05. The van der Waals surface area contributed by atoms with E-state index in [-0.39, 0.29) is 5.54 Å². The van der Waals surface area contributed by atoms with Crippen molar-refractivity contribution in [1.29, 1.82) is 0 Å². The van der Waals surface area contributed by atoms with Gasteiger partial charge in [0.05, 0.1) is 7.05 Å². The lowest BCUT2D eigenvalue weighted by Crippen LogP contribution is -2.31. The predicted molar refractivity (Wildman–Crippen MR) is 45.8 cm³/mol. The first-order valence-electron chi connectivity index (χ1n) is 3.66. The van der Waals surface area contributed by atoms with Crippen LogP contribution in [0.1, 0.15) is 19.4 Å². The Labute approximate surface area is 68.4 Å². The van der Waals surface area contributed by atoms with E-state index >= 15 is 0 Å². The molecule has 0 aliphatic heterocycles. The molecular weight excluding hydrogens is 134 g/mol. The first-order chi connectivity index (χ1) is 5.17. The molecule has 0 aromatic heterocycles. The zero-order valence-corrected chi connectivity index (χ0v) is 6.89. The zero-order valence-electron chi connectivity index (χ0n) is 6.89. The van der Waals surface area contributed by atoms with Gasteiger partial charge in [-0.1, -0.05) is 30.3 Å². The van der Waals surface area contributed by atoms with Crippen LogP contribution in [0.25, 0.3) is 0 Å². The standard InChI is InChI=1S/C10H12N/c1-10(2,11-3)9-7-5-4-6-8-9/h4-8,11H,1-2H3. The maximum absolute atomic E-state index is 7.09. The Balaban J connectivity index is 2.93. The summed E-state index contributed by atoms with van der Waals surface area (Å²) < 4.78 is 0. The van der Waals surface area contributed by atoms with Gasteiger partial charge in [0, 0.05) is 5.54 Å². The molecule has 1 aromatic carbocycles. The summed E-state index contributed by atoms with van der Waals surface area (Å²) in [6, 6.07) is 9.97. The molecule has 0 saturated carbocycles. The molecule has 0 unspecified atom stereocenters. The molecule has 0 aliphatic rings. The molecule has 1 nitrogen and oxygen atoms in total. The summed E-state index contributed by atoms with van der Waals surface area (Å²) in [6.45, 7) is 3.96. The van der Waals surface area contributed by atoms with Gasteiger partial charge in [0.1, 0.15) is 0 Å². The Morgan fingerprint density at radius 1 is 1.18 bits per heavy atom. The summed E-state index contributed by atoms with van der Waals surface area (Å²) in [7, 11) is 7.09. The first kappa shape index (κ1) is 8.28. The number of hydrogen-bond acceptors (Lipinski definition) is 1. The van der Waals surface area contributed by atoms with E-state index in [9.17, 15) is 0 Å². The van der Waals surface area contributed by atoms with E-state index in [1.165, 1.54) is 0 Å². The molecule has 0 fully saturated rings. The van der Waals surface area contributed by atoms with Gasteiger partial charge in [0.2, 0.25) is 0 Å². The van der Waals surface area contributed by atoms with Crippen LogP contribution in [0.4, 0.5) is 0 Å². The highest BCUT2D eigenvalue weighted by Crippen LogP contribution is 2.18. The predicted octanol–water partition coefficient (Wildman–Crippen LogP) is 2.06. The van der Waals surface area contributed by atoms with E-state index in [4.69, 9.17) is 7.05 Å². The van der Waals surface area contributed by atoms with Gasteiger partial charge in [-0.05, 0) is 19.4 Å². The molecule has 1 rings (SSSR count). The monoisotopic (exact) mass is 146 g/mol. The third-order valence-electron chi connectivity index (χ3n) is 1.81. The molecular formula is C10H12N. The van der Waals surface area contributed by atoms with Crippen LogP contribution < -0.4 is 5.32 Å². The van der Waals surface area contributed by atoms with E-state index in [0.29, 0.717) is 0 Å². The summed E-state index contributed by atoms with van der Waals surface area (Å²) in [5.41, 5.74) is 0.886. The Morgan fingerprint density at radius 3 is 2.18 bits per heavy atom. The molecule has 0 saturated heterocycles. The van der Waals surface area contributed by atoms with Crippen LogP contribution in [0.5, 0.6) is 0 Å². The van der Waals surface area contributed by atoms with Crippen molar-refractivity contribution in [2.75, 3.05) is 0 Å². The minimum absolute atomic E-state index is 0.249. The van der Waals surface area contributed by atoms with Gasteiger partial charge in [-0.25, -0.2) is 0 Å². The lowest BCUT2D eigenvalue weighted by atomic mass is 9.95. The van der Waals surface area contributed by atoms with Crippen molar-refractivity contribution in [2.24, 2.45) is 0 Å². The van der Waals surface area contributed by atoms with E-state index in [1.807, 2.05) is 44.2 Å². The van der Waals surface area contributed by atoms with Crippen molar-refractivity contribution in [3.05, 3.63) is 42.9 Å². The average molecular weight is 146 g/mol. The highest BCUT2D eigenvalue weighted by Gasteiger charge is 2.16. The summed E-state index contributed by atoms with van der Waals surface area (Å²) >= 11 is 0. The topological polar surface area (TPSA) is 12.0 Å². The normalized spacial score (nSPS) is 11.5. The highest BCUT2D eigenvalue weighted by molar-refractivity contribution is 5.22. The second-order valence-electron chi connectivity index (χ2n) is 3.12. The van der Waals surface area contributed by atoms with Crippen molar-refractivity contribution >= 4 is 0 Å². The van der Waals surface area contributed by atoms with Crippen LogP contribution in [-0.4, -0.2) is 0 Å². The second-order valence-corrected chi connectivity index (χ2v) is 3.12. The Morgan fingerprint density at radius 2 is 1.73 bits per heavy atom. The van der Waals surface area contributed by atoms with Crippen LogP contribution in [-0.2, 0) is 5.54 Å². The van der Waals surface area contributed by atoms with Crippen LogP contribution in [0.3, 0.4) is 0 Å². The molecule has 3 radical (unpaired) electrons. The fraction of sp³-hybridized carbons (Fsp3) is 0.300. The SMILES string of the molecule is [C]NC(C)(C)c1ccccc1. The molecule has 0 spiro atoms. The van der Waals surface area contributed by atoms with Crippen LogP contribution in [0, 0.1) is 7.05 Å². The molecule has 57 valence electrons. The van der Waals surface area contributed by atoms with Crippen molar-refractivity contribution in [3.63, 3.8) is 0 Å². The van der Waals surface area contributed by atoms with Gasteiger partial charge in [0.25, 0.3) is 0 Å². The number of nitrogens with one attached hydrogen (secondary N) is 1. The lowest BCUT2D eigenvalue weighted by Gasteiger charge is -2.23. The summed E-state index contributed by atoms with van der Waals surface area (Å²) in [5.74, 6) is 0. The summed E-state index contributed by atoms with van der Waals surface area (Å²) in [5, 5.41) is 2.51.